The minimum Gasteiger partial charge on any atom is -0.467 e. The molecule has 28 heavy (non-hydrogen) atoms. The van der Waals surface area contributed by atoms with Crippen molar-refractivity contribution in [2.24, 2.45) is 0 Å². The van der Waals surface area contributed by atoms with E-state index in [1.54, 1.807) is 46.8 Å². The molecule has 4 rings (SSSR count). The van der Waals surface area contributed by atoms with E-state index in [-0.39, 0.29) is 5.91 Å². The summed E-state index contributed by atoms with van der Waals surface area (Å²) in [6, 6.07) is 12.9. The molecule has 142 valence electrons. The molecule has 0 aliphatic carbocycles. The van der Waals surface area contributed by atoms with Crippen LogP contribution in [0.25, 0.3) is 5.69 Å². The minimum atomic E-state index is -0.171. The van der Waals surface area contributed by atoms with Crippen LogP contribution in [0.2, 0.25) is 5.02 Å². The first-order chi connectivity index (χ1) is 13.6. The Morgan fingerprint density at radius 3 is 2.79 bits per heavy atom. The number of rotatable bonds is 6. The van der Waals surface area contributed by atoms with Gasteiger partial charge in [-0.3, -0.25) is 4.79 Å². The Balaban J connectivity index is 1.62. The number of benzene rings is 1. The molecule has 0 fully saturated rings. The van der Waals surface area contributed by atoms with E-state index in [1.165, 1.54) is 15.9 Å². The molecule has 1 amide bonds. The summed E-state index contributed by atoms with van der Waals surface area (Å²) in [4.78, 5) is 17.3. The first kappa shape index (κ1) is 18.4. The van der Waals surface area contributed by atoms with Crippen LogP contribution in [0.1, 0.15) is 25.9 Å². The van der Waals surface area contributed by atoms with Crippen molar-refractivity contribution in [1.82, 2.24) is 25.1 Å². The van der Waals surface area contributed by atoms with Crippen LogP contribution in [0.15, 0.2) is 59.5 Å². The molecule has 0 bridgehead atoms. The van der Waals surface area contributed by atoms with Crippen molar-refractivity contribution in [2.45, 2.75) is 20.0 Å². The Labute approximate surface area is 170 Å². The molecule has 0 aliphatic heterocycles. The van der Waals surface area contributed by atoms with Crippen LogP contribution in [0, 0.1) is 6.92 Å². The highest BCUT2D eigenvalue weighted by Crippen LogP contribution is 2.25. The largest absolute Gasteiger partial charge is 0.467 e. The number of furan rings is 1. The zero-order valence-corrected chi connectivity index (χ0v) is 16.5. The highest BCUT2D eigenvalue weighted by atomic mass is 35.5. The van der Waals surface area contributed by atoms with Gasteiger partial charge in [-0.1, -0.05) is 11.6 Å². The lowest BCUT2D eigenvalue weighted by Crippen LogP contribution is -2.30. The van der Waals surface area contributed by atoms with Gasteiger partial charge in [0.2, 0.25) is 0 Å². The summed E-state index contributed by atoms with van der Waals surface area (Å²) in [5.41, 5.74) is 1.09. The fourth-order valence-electron chi connectivity index (χ4n) is 2.82. The zero-order chi connectivity index (χ0) is 19.5. The zero-order valence-electron chi connectivity index (χ0n) is 14.9. The molecule has 4 aromatic rings. The van der Waals surface area contributed by atoms with E-state index in [4.69, 9.17) is 16.0 Å². The third kappa shape index (κ3) is 3.97. The highest BCUT2D eigenvalue weighted by Gasteiger charge is 2.21. The number of aromatic nitrogens is 4. The molecule has 9 heteroatoms. The third-order valence-corrected chi connectivity index (χ3v) is 5.45. The lowest BCUT2D eigenvalue weighted by atomic mass is 10.1. The summed E-state index contributed by atoms with van der Waals surface area (Å²) in [7, 11) is 0. The molecule has 0 aliphatic rings. The Kier molecular flexibility index (Phi) is 5.23. The van der Waals surface area contributed by atoms with Crippen LogP contribution in [0.3, 0.4) is 0 Å². The standard InChI is InChI=1S/C19H16ClN5O2S/c1-13-4-6-16(28-13)11-24(10-15-3-2-8-27-15)19(26)17-7-5-14(9-18(17)20)25-12-21-22-23-25/h2-9,12H,10-11H2,1H3. The number of tetrazole rings is 1. The third-order valence-electron chi connectivity index (χ3n) is 4.15. The molecule has 0 radical (unpaired) electrons. The van der Waals surface area contributed by atoms with Crippen LogP contribution in [0.5, 0.6) is 0 Å². The first-order valence-electron chi connectivity index (χ1n) is 8.50. The summed E-state index contributed by atoms with van der Waals surface area (Å²) < 4.78 is 6.92. The molecule has 0 spiro atoms. The normalized spacial score (nSPS) is 10.9. The molecule has 0 saturated heterocycles. The average Bonchev–Trinajstić information content (AvgIpc) is 3.44. The van der Waals surface area contributed by atoms with E-state index >= 15 is 0 Å². The Hall–Kier alpha value is -2.97. The fraction of sp³-hybridized carbons (Fsp3) is 0.158. The van der Waals surface area contributed by atoms with E-state index in [0.29, 0.717) is 35.1 Å². The quantitative estimate of drug-likeness (QED) is 0.475. The molecule has 0 N–H and O–H groups in total. The maximum atomic E-state index is 13.3. The molecule has 0 saturated carbocycles. The second-order valence-corrected chi connectivity index (χ2v) is 7.95. The maximum absolute atomic E-state index is 13.3. The SMILES string of the molecule is Cc1ccc(CN(Cc2ccco2)C(=O)c2ccc(-n3cnnn3)cc2Cl)s1. The van der Waals surface area contributed by atoms with Crippen molar-refractivity contribution < 1.29 is 9.21 Å². The van der Waals surface area contributed by atoms with Crippen molar-refractivity contribution in [1.29, 1.82) is 0 Å². The second kappa shape index (κ2) is 7.95. The van der Waals surface area contributed by atoms with Crippen molar-refractivity contribution in [2.75, 3.05) is 0 Å². The minimum absolute atomic E-state index is 0.171. The van der Waals surface area contributed by atoms with E-state index in [0.717, 1.165) is 4.88 Å². The number of carbonyl (C=O) groups excluding carboxylic acids is 1. The summed E-state index contributed by atoms with van der Waals surface area (Å²) >= 11 is 8.09. The van der Waals surface area contributed by atoms with E-state index in [2.05, 4.69) is 15.5 Å². The molecule has 3 heterocycles. The fourth-order valence-corrected chi connectivity index (χ4v) is 3.98. The molecule has 0 unspecified atom stereocenters. The van der Waals surface area contributed by atoms with Gasteiger partial charge in [0.1, 0.15) is 12.1 Å². The second-order valence-electron chi connectivity index (χ2n) is 6.17. The van der Waals surface area contributed by atoms with Gasteiger partial charge in [-0.05, 0) is 59.8 Å². The van der Waals surface area contributed by atoms with Gasteiger partial charge >= 0.3 is 0 Å². The summed E-state index contributed by atoms with van der Waals surface area (Å²) in [6.45, 7) is 2.87. The number of hydrogen-bond acceptors (Lipinski definition) is 6. The summed E-state index contributed by atoms with van der Waals surface area (Å²) in [5, 5.41) is 11.4. The molecule has 3 aromatic heterocycles. The van der Waals surface area contributed by atoms with Crippen LogP contribution < -0.4 is 0 Å². The van der Waals surface area contributed by atoms with Crippen LogP contribution >= 0.6 is 22.9 Å². The van der Waals surface area contributed by atoms with Gasteiger partial charge in [-0.25, -0.2) is 4.68 Å². The predicted molar refractivity (Wildman–Crippen MR) is 106 cm³/mol. The topological polar surface area (TPSA) is 77.0 Å². The van der Waals surface area contributed by atoms with Gasteiger partial charge < -0.3 is 9.32 Å². The van der Waals surface area contributed by atoms with Crippen LogP contribution in [0.4, 0.5) is 0 Å². The van der Waals surface area contributed by atoms with Gasteiger partial charge in [-0.15, -0.1) is 16.4 Å². The Bertz CT molecular complexity index is 1080. The lowest BCUT2D eigenvalue weighted by molar-refractivity contribution is 0.0719. The predicted octanol–water partition coefficient (Wildman–Crippen LogP) is 4.12. The van der Waals surface area contributed by atoms with Gasteiger partial charge in [0, 0.05) is 9.75 Å². The number of nitrogens with zero attached hydrogens (tertiary/aromatic N) is 5. The molecule has 7 nitrogen and oxygen atoms in total. The van der Waals surface area contributed by atoms with Crippen molar-refractivity contribution in [3.05, 3.63) is 81.2 Å². The number of thiophene rings is 1. The summed E-state index contributed by atoms with van der Waals surface area (Å²) in [5.74, 6) is 0.541. The molecular formula is C19H16ClN5O2S. The van der Waals surface area contributed by atoms with Gasteiger partial charge in [0.05, 0.1) is 35.6 Å². The van der Waals surface area contributed by atoms with Gasteiger partial charge in [-0.2, -0.15) is 0 Å². The van der Waals surface area contributed by atoms with Crippen molar-refractivity contribution in [3.8, 4) is 5.69 Å². The smallest absolute Gasteiger partial charge is 0.256 e. The highest BCUT2D eigenvalue weighted by molar-refractivity contribution is 7.11. The van der Waals surface area contributed by atoms with E-state index in [1.807, 2.05) is 25.1 Å². The number of halogens is 1. The summed E-state index contributed by atoms with van der Waals surface area (Å²) in [6.07, 6.45) is 3.07. The molecule has 1 aromatic carbocycles. The number of hydrogen-bond donors (Lipinski definition) is 0. The number of aryl methyl sites for hydroxylation is 1. The lowest BCUT2D eigenvalue weighted by Gasteiger charge is -2.22. The van der Waals surface area contributed by atoms with Gasteiger partial charge in [0.15, 0.2) is 0 Å². The van der Waals surface area contributed by atoms with Crippen molar-refractivity contribution in [3.63, 3.8) is 0 Å². The van der Waals surface area contributed by atoms with Crippen LogP contribution in [-0.2, 0) is 13.1 Å². The van der Waals surface area contributed by atoms with E-state index < -0.39 is 0 Å². The van der Waals surface area contributed by atoms with Crippen molar-refractivity contribution >= 4 is 28.8 Å². The monoisotopic (exact) mass is 413 g/mol. The molecule has 0 atom stereocenters. The van der Waals surface area contributed by atoms with E-state index in [9.17, 15) is 4.79 Å². The average molecular weight is 414 g/mol. The van der Waals surface area contributed by atoms with Gasteiger partial charge in [0.25, 0.3) is 5.91 Å². The Morgan fingerprint density at radius 2 is 2.14 bits per heavy atom. The maximum Gasteiger partial charge on any atom is 0.256 e. The number of carbonyl (C=O) groups is 1. The van der Waals surface area contributed by atoms with Crippen LogP contribution in [-0.4, -0.2) is 31.0 Å². The number of amides is 1. The molecular weight excluding hydrogens is 398 g/mol. The first-order valence-corrected chi connectivity index (χ1v) is 9.69. The Morgan fingerprint density at radius 1 is 1.25 bits per heavy atom.